The predicted molar refractivity (Wildman–Crippen MR) is 70.2 cm³/mol. The summed E-state index contributed by atoms with van der Waals surface area (Å²) in [5.74, 6) is -0.332. The van der Waals surface area contributed by atoms with Crippen LogP contribution in [-0.4, -0.2) is 16.9 Å². The number of hydrogen-bond donors (Lipinski definition) is 2. The predicted octanol–water partition coefficient (Wildman–Crippen LogP) is 2.40. The second kappa shape index (κ2) is 5.48. The van der Waals surface area contributed by atoms with E-state index >= 15 is 0 Å². The molecule has 0 fully saturated rings. The maximum atomic E-state index is 11.7. The SMILES string of the molecule is CC(NC(=O)c1ccc(Cl)cc1Cl)C(N)=S. The van der Waals surface area contributed by atoms with Gasteiger partial charge >= 0.3 is 0 Å². The van der Waals surface area contributed by atoms with Crippen LogP contribution in [0.25, 0.3) is 0 Å². The number of benzene rings is 1. The third-order valence-electron chi connectivity index (χ3n) is 1.95. The summed E-state index contributed by atoms with van der Waals surface area (Å²) in [4.78, 5) is 12.0. The van der Waals surface area contributed by atoms with Gasteiger partial charge in [0.15, 0.2) is 0 Å². The van der Waals surface area contributed by atoms with Crippen LogP contribution in [0.15, 0.2) is 18.2 Å². The fourth-order valence-corrected chi connectivity index (χ4v) is 1.57. The van der Waals surface area contributed by atoms with E-state index in [0.29, 0.717) is 15.6 Å². The number of nitrogens with one attached hydrogen (secondary N) is 1. The summed E-state index contributed by atoms with van der Waals surface area (Å²) in [5, 5.41) is 3.39. The van der Waals surface area contributed by atoms with Crippen LogP contribution >= 0.6 is 35.4 Å². The van der Waals surface area contributed by atoms with E-state index in [4.69, 9.17) is 41.2 Å². The molecule has 1 rings (SSSR count). The van der Waals surface area contributed by atoms with Gasteiger partial charge in [-0.15, -0.1) is 0 Å². The molecule has 0 saturated heterocycles. The zero-order valence-electron chi connectivity index (χ0n) is 8.46. The van der Waals surface area contributed by atoms with Gasteiger partial charge < -0.3 is 11.1 Å². The number of hydrogen-bond acceptors (Lipinski definition) is 2. The Labute approximate surface area is 109 Å². The molecular weight excluding hydrogens is 267 g/mol. The molecule has 3 nitrogen and oxygen atoms in total. The first kappa shape index (κ1) is 13.2. The van der Waals surface area contributed by atoms with Crippen molar-refractivity contribution in [3.63, 3.8) is 0 Å². The lowest BCUT2D eigenvalue weighted by Gasteiger charge is -2.12. The van der Waals surface area contributed by atoms with E-state index in [1.54, 1.807) is 19.1 Å². The Kier molecular flexibility index (Phi) is 4.53. The minimum atomic E-state index is -0.380. The first-order valence-electron chi connectivity index (χ1n) is 4.47. The maximum Gasteiger partial charge on any atom is 0.253 e. The molecule has 0 spiro atoms. The molecule has 0 bridgehead atoms. The molecule has 1 aromatic rings. The van der Waals surface area contributed by atoms with E-state index in [9.17, 15) is 4.79 Å². The van der Waals surface area contributed by atoms with Crippen LogP contribution in [0.1, 0.15) is 17.3 Å². The van der Waals surface area contributed by atoms with Crippen molar-refractivity contribution in [3.8, 4) is 0 Å². The van der Waals surface area contributed by atoms with E-state index in [0.717, 1.165) is 0 Å². The zero-order valence-corrected chi connectivity index (χ0v) is 10.8. The highest BCUT2D eigenvalue weighted by Gasteiger charge is 2.14. The lowest BCUT2D eigenvalue weighted by atomic mass is 10.2. The van der Waals surface area contributed by atoms with Gasteiger partial charge in [0.2, 0.25) is 0 Å². The number of thiocarbonyl (C=S) groups is 1. The average Bonchev–Trinajstić information content (AvgIpc) is 2.16. The molecule has 6 heteroatoms. The van der Waals surface area contributed by atoms with Crippen molar-refractivity contribution in [2.45, 2.75) is 13.0 Å². The number of rotatable bonds is 3. The van der Waals surface area contributed by atoms with E-state index in [1.807, 2.05) is 0 Å². The molecule has 3 N–H and O–H groups in total. The number of carbonyl (C=O) groups excluding carboxylic acids is 1. The highest BCUT2D eigenvalue weighted by atomic mass is 35.5. The molecule has 1 aromatic carbocycles. The van der Waals surface area contributed by atoms with Crippen LogP contribution in [0, 0.1) is 0 Å². The van der Waals surface area contributed by atoms with E-state index in [2.05, 4.69) is 5.32 Å². The molecule has 0 aliphatic carbocycles. The van der Waals surface area contributed by atoms with Crippen LogP contribution in [0.2, 0.25) is 10.0 Å². The Morgan fingerprint density at radius 2 is 2.12 bits per heavy atom. The number of amides is 1. The van der Waals surface area contributed by atoms with Gasteiger partial charge in [0.05, 0.1) is 21.6 Å². The summed E-state index contributed by atoms with van der Waals surface area (Å²) in [5.41, 5.74) is 5.73. The second-order valence-electron chi connectivity index (χ2n) is 3.22. The molecule has 1 amide bonds. The van der Waals surface area contributed by atoms with Crippen molar-refractivity contribution < 1.29 is 4.79 Å². The summed E-state index contributed by atoms with van der Waals surface area (Å²) < 4.78 is 0. The summed E-state index contributed by atoms with van der Waals surface area (Å²) >= 11 is 16.3. The molecule has 1 unspecified atom stereocenters. The molecule has 0 saturated carbocycles. The van der Waals surface area contributed by atoms with Gasteiger partial charge in [-0.2, -0.15) is 0 Å². The first-order valence-corrected chi connectivity index (χ1v) is 5.63. The van der Waals surface area contributed by atoms with E-state index in [1.165, 1.54) is 6.07 Å². The lowest BCUT2D eigenvalue weighted by Crippen LogP contribution is -2.41. The molecule has 86 valence electrons. The van der Waals surface area contributed by atoms with Crippen molar-refractivity contribution >= 4 is 46.3 Å². The summed E-state index contributed by atoms with van der Waals surface area (Å²) in [6.45, 7) is 1.70. The van der Waals surface area contributed by atoms with Crippen LogP contribution < -0.4 is 11.1 Å². The van der Waals surface area contributed by atoms with Crippen molar-refractivity contribution in [1.82, 2.24) is 5.32 Å². The monoisotopic (exact) mass is 276 g/mol. The molecule has 0 radical (unpaired) electrons. The van der Waals surface area contributed by atoms with Gasteiger partial charge in [0.1, 0.15) is 0 Å². The standard InChI is InChI=1S/C10H10Cl2N2OS/c1-5(9(13)16)14-10(15)7-3-2-6(11)4-8(7)12/h2-5H,1H3,(H2,13,16)(H,14,15). The zero-order chi connectivity index (χ0) is 12.3. The van der Waals surface area contributed by atoms with Crippen LogP contribution in [0.4, 0.5) is 0 Å². The smallest absolute Gasteiger partial charge is 0.253 e. The van der Waals surface area contributed by atoms with Crippen molar-refractivity contribution in [2.24, 2.45) is 5.73 Å². The first-order chi connectivity index (χ1) is 7.41. The van der Waals surface area contributed by atoms with Gasteiger partial charge in [-0.1, -0.05) is 35.4 Å². The molecule has 0 aromatic heterocycles. The highest BCUT2D eigenvalue weighted by molar-refractivity contribution is 7.80. The second-order valence-corrected chi connectivity index (χ2v) is 4.54. The van der Waals surface area contributed by atoms with Crippen molar-refractivity contribution in [1.29, 1.82) is 0 Å². The van der Waals surface area contributed by atoms with Crippen LogP contribution in [-0.2, 0) is 0 Å². The van der Waals surface area contributed by atoms with Gasteiger partial charge in [-0.3, -0.25) is 4.79 Å². The minimum Gasteiger partial charge on any atom is -0.392 e. The molecule has 0 aliphatic heterocycles. The number of carbonyl (C=O) groups is 1. The quantitative estimate of drug-likeness (QED) is 0.834. The Balaban J connectivity index is 2.85. The lowest BCUT2D eigenvalue weighted by molar-refractivity contribution is 0.0949. The van der Waals surface area contributed by atoms with Crippen LogP contribution in [0.5, 0.6) is 0 Å². The Bertz CT molecular complexity index is 437. The van der Waals surface area contributed by atoms with Crippen molar-refractivity contribution in [3.05, 3.63) is 33.8 Å². The highest BCUT2D eigenvalue weighted by Crippen LogP contribution is 2.20. The molecular formula is C10H10Cl2N2OS. The molecule has 1 atom stereocenters. The Morgan fingerprint density at radius 1 is 1.50 bits per heavy atom. The average molecular weight is 277 g/mol. The van der Waals surface area contributed by atoms with E-state index < -0.39 is 0 Å². The largest absolute Gasteiger partial charge is 0.392 e. The summed E-state index contributed by atoms with van der Waals surface area (Å²) in [7, 11) is 0. The van der Waals surface area contributed by atoms with Crippen molar-refractivity contribution in [2.75, 3.05) is 0 Å². The normalized spacial score (nSPS) is 11.9. The Morgan fingerprint density at radius 3 is 2.62 bits per heavy atom. The minimum absolute atomic E-state index is 0.221. The number of nitrogens with two attached hydrogens (primary N) is 1. The van der Waals surface area contributed by atoms with Gasteiger partial charge in [0.25, 0.3) is 5.91 Å². The fourth-order valence-electron chi connectivity index (χ4n) is 1.02. The van der Waals surface area contributed by atoms with Gasteiger partial charge in [-0.05, 0) is 25.1 Å². The van der Waals surface area contributed by atoms with Gasteiger partial charge in [-0.25, -0.2) is 0 Å². The van der Waals surface area contributed by atoms with Crippen LogP contribution in [0.3, 0.4) is 0 Å². The van der Waals surface area contributed by atoms with E-state index in [-0.39, 0.29) is 16.9 Å². The van der Waals surface area contributed by atoms with Gasteiger partial charge in [0, 0.05) is 5.02 Å². The molecule has 0 heterocycles. The topological polar surface area (TPSA) is 55.1 Å². The fraction of sp³-hybridized carbons (Fsp3) is 0.200. The Hall–Kier alpha value is -0.840. The number of halogens is 2. The molecule has 16 heavy (non-hydrogen) atoms. The summed E-state index contributed by atoms with van der Waals surface area (Å²) in [6, 6.07) is 4.26. The molecule has 0 aliphatic rings. The third kappa shape index (κ3) is 3.33. The third-order valence-corrected chi connectivity index (χ3v) is 2.85. The summed E-state index contributed by atoms with van der Waals surface area (Å²) in [6.07, 6.45) is 0. The maximum absolute atomic E-state index is 11.7.